The minimum absolute atomic E-state index is 0. The predicted octanol–water partition coefficient (Wildman–Crippen LogP) is 0.479. The van der Waals surface area contributed by atoms with Crippen LogP contribution in [0.4, 0.5) is 0 Å². The van der Waals surface area contributed by atoms with E-state index in [-0.39, 0.29) is 38.3 Å². The van der Waals surface area contributed by atoms with Crippen LogP contribution in [0.3, 0.4) is 0 Å². The van der Waals surface area contributed by atoms with Gasteiger partial charge in [-0.05, 0) is 0 Å². The van der Waals surface area contributed by atoms with Crippen LogP contribution in [-0.4, -0.2) is 41.1 Å². The Balaban J connectivity index is -0.000000500. The minimum Gasteiger partial charge on any atom is -0.564 e. The van der Waals surface area contributed by atoms with Gasteiger partial charge in [0.1, 0.15) is 0 Å². The topological polar surface area (TPSA) is 76.4 Å². The molecule has 79 valence electrons. The molecular weight excluding hydrogens is 233 g/mol. The molecule has 0 rings (SSSR count). The monoisotopic (exact) mass is 248 g/mol. The van der Waals surface area contributed by atoms with Gasteiger partial charge >= 0.3 is 18.6 Å². The van der Waals surface area contributed by atoms with E-state index < -0.39 is 10.0 Å². The van der Waals surface area contributed by atoms with Gasteiger partial charge in [0.25, 0.3) is 0 Å². The van der Waals surface area contributed by atoms with Gasteiger partial charge in [0.15, 0.2) is 0 Å². The summed E-state index contributed by atoms with van der Waals surface area (Å²) in [5, 5.41) is 6.47. The zero-order chi connectivity index (χ0) is 8.74. The second-order valence-electron chi connectivity index (χ2n) is 1.92. The van der Waals surface area contributed by atoms with Crippen LogP contribution in [-0.2, 0) is 38.1 Å². The second kappa shape index (κ2) is 10.5. The SMILES string of the molecule is COCCOCCS([NH-])(=O)=O.[CH3-].[V+2]. The molecule has 0 aliphatic heterocycles. The van der Waals surface area contributed by atoms with Gasteiger partial charge in [0, 0.05) is 7.11 Å². The summed E-state index contributed by atoms with van der Waals surface area (Å²) in [5.74, 6) is -0.253. The fourth-order valence-electron chi connectivity index (χ4n) is 0.413. The van der Waals surface area contributed by atoms with Crippen molar-refractivity contribution >= 4 is 10.0 Å². The normalized spacial score (nSPS) is 10.0. The van der Waals surface area contributed by atoms with Crippen LogP contribution >= 0.6 is 0 Å². The number of nitrogens with one attached hydrogen (secondary N) is 1. The molecule has 1 N–H and O–H groups in total. The molecule has 0 bridgehead atoms. The molecule has 0 aromatic heterocycles. The van der Waals surface area contributed by atoms with Crippen LogP contribution in [0.15, 0.2) is 0 Å². The summed E-state index contributed by atoms with van der Waals surface area (Å²) >= 11 is 0. The molecule has 5 nitrogen and oxygen atoms in total. The molecule has 0 aromatic carbocycles. The third-order valence-electron chi connectivity index (χ3n) is 0.928. The van der Waals surface area contributed by atoms with Gasteiger partial charge in [-0.3, -0.25) is 0 Å². The maximum atomic E-state index is 10.2. The van der Waals surface area contributed by atoms with Crippen molar-refractivity contribution in [2.45, 2.75) is 0 Å². The van der Waals surface area contributed by atoms with Crippen LogP contribution in [0.2, 0.25) is 0 Å². The van der Waals surface area contributed by atoms with Gasteiger partial charge < -0.3 is 22.0 Å². The molecule has 0 saturated carbocycles. The molecule has 1 radical (unpaired) electrons. The fraction of sp³-hybridized carbons (Fsp3) is 0.833. The van der Waals surface area contributed by atoms with Crippen molar-refractivity contribution in [3.63, 3.8) is 0 Å². The first kappa shape index (κ1) is 19.1. The molecule has 0 unspecified atom stereocenters. The molecule has 0 saturated heterocycles. The molecule has 0 spiro atoms. The van der Waals surface area contributed by atoms with Crippen molar-refractivity contribution in [1.29, 1.82) is 0 Å². The number of hydrogen-bond acceptors (Lipinski definition) is 4. The maximum Gasteiger partial charge on any atom is 2.00 e. The van der Waals surface area contributed by atoms with Crippen LogP contribution in [0.5, 0.6) is 0 Å². The first-order valence-corrected chi connectivity index (χ1v) is 4.75. The molecule has 0 aliphatic rings. The van der Waals surface area contributed by atoms with Crippen molar-refractivity contribution in [3.8, 4) is 0 Å². The Bertz CT molecular complexity index is 183. The van der Waals surface area contributed by atoms with Gasteiger partial charge in [-0.2, -0.15) is 0 Å². The molecule has 0 atom stereocenters. The van der Waals surface area contributed by atoms with Gasteiger partial charge in [-0.1, -0.05) is 0 Å². The molecule has 13 heavy (non-hydrogen) atoms. The van der Waals surface area contributed by atoms with Gasteiger partial charge in [0.2, 0.25) is 0 Å². The molecule has 0 aromatic rings. The van der Waals surface area contributed by atoms with Crippen molar-refractivity contribution in [2.75, 3.05) is 32.7 Å². The molecular formula is C6H15NO4SV. The number of ether oxygens (including phenoxy) is 2. The van der Waals surface area contributed by atoms with Gasteiger partial charge in [-0.25, -0.2) is 8.42 Å². The average molecular weight is 248 g/mol. The summed E-state index contributed by atoms with van der Waals surface area (Å²) in [6.07, 6.45) is 0. The van der Waals surface area contributed by atoms with Crippen molar-refractivity contribution in [1.82, 2.24) is 0 Å². The summed E-state index contributed by atoms with van der Waals surface area (Å²) in [7, 11) is -2.09. The third-order valence-corrected chi connectivity index (χ3v) is 1.63. The quantitative estimate of drug-likeness (QED) is 0.506. The standard InChI is InChI=1S/C5H12NO4S.CH3.V/c1-9-2-3-10-4-5-11(6,7)8;;/h2-5H2,1H3,(H-,6,7,8);1H3;/q2*-1;+2. The maximum absolute atomic E-state index is 10.2. The van der Waals surface area contributed by atoms with E-state index in [1.165, 1.54) is 7.11 Å². The summed E-state index contributed by atoms with van der Waals surface area (Å²) in [6.45, 7) is 0.874. The Labute approximate surface area is 91.9 Å². The number of sulfonamides is 1. The largest absolute Gasteiger partial charge is 2.00 e. The minimum atomic E-state index is -3.63. The van der Waals surface area contributed by atoms with Crippen molar-refractivity contribution in [2.24, 2.45) is 0 Å². The Morgan fingerprint density at radius 2 is 1.77 bits per heavy atom. The van der Waals surface area contributed by atoms with E-state index in [1.54, 1.807) is 0 Å². The van der Waals surface area contributed by atoms with E-state index in [2.05, 4.69) is 4.74 Å². The van der Waals surface area contributed by atoms with E-state index >= 15 is 0 Å². The van der Waals surface area contributed by atoms with Crippen LogP contribution in [0.1, 0.15) is 0 Å². The van der Waals surface area contributed by atoms with Gasteiger partial charge in [0.05, 0.1) is 35.6 Å². The Morgan fingerprint density at radius 1 is 1.23 bits per heavy atom. The number of rotatable bonds is 6. The van der Waals surface area contributed by atoms with E-state index in [0.717, 1.165) is 0 Å². The van der Waals surface area contributed by atoms with E-state index in [0.29, 0.717) is 13.2 Å². The van der Waals surface area contributed by atoms with Crippen molar-refractivity contribution < 1.29 is 36.4 Å². The molecule has 0 aliphatic carbocycles. The first-order chi connectivity index (χ1) is 5.06. The molecule has 0 amide bonds. The summed E-state index contributed by atoms with van der Waals surface area (Å²) in [4.78, 5) is 0. The zero-order valence-electron chi connectivity index (χ0n) is 7.82. The Hall–Kier alpha value is 0.414. The first-order valence-electron chi connectivity index (χ1n) is 3.10. The fourth-order valence-corrected chi connectivity index (χ4v) is 0.750. The summed E-state index contributed by atoms with van der Waals surface area (Å²) < 4.78 is 29.9. The zero-order valence-corrected chi connectivity index (χ0v) is 10.0. The summed E-state index contributed by atoms with van der Waals surface area (Å²) in [6, 6.07) is 0. The molecule has 0 heterocycles. The number of hydrogen-bond donors (Lipinski definition) is 0. The molecule has 7 heteroatoms. The van der Waals surface area contributed by atoms with Crippen LogP contribution in [0.25, 0.3) is 5.14 Å². The van der Waals surface area contributed by atoms with E-state index in [1.807, 2.05) is 0 Å². The third kappa shape index (κ3) is 19.0. The van der Waals surface area contributed by atoms with E-state index in [9.17, 15) is 8.42 Å². The average Bonchev–Trinajstić information content (AvgIpc) is 1.85. The van der Waals surface area contributed by atoms with E-state index in [4.69, 9.17) is 9.88 Å². The van der Waals surface area contributed by atoms with Crippen LogP contribution in [0, 0.1) is 7.43 Å². The predicted molar refractivity (Wildman–Crippen MR) is 47.2 cm³/mol. The summed E-state index contributed by atoms with van der Waals surface area (Å²) in [5.41, 5.74) is 0. The van der Waals surface area contributed by atoms with Gasteiger partial charge in [-0.15, -0.1) is 0 Å². The van der Waals surface area contributed by atoms with Crippen molar-refractivity contribution in [3.05, 3.63) is 12.6 Å². The number of methoxy groups -OCH3 is 1. The smallest absolute Gasteiger partial charge is 0.564 e. The Kier molecular flexibility index (Phi) is 15.4. The van der Waals surface area contributed by atoms with Crippen LogP contribution < -0.4 is 0 Å². The second-order valence-corrected chi connectivity index (χ2v) is 3.56. The molecule has 0 fully saturated rings. The Morgan fingerprint density at radius 3 is 2.15 bits per heavy atom.